The van der Waals surface area contributed by atoms with Gasteiger partial charge in [0, 0.05) is 129 Å². The monoisotopic (exact) mass is 1690 g/mol. The molecule has 24 rings (SSSR count). The second kappa shape index (κ2) is 34.0. The molecule has 0 aromatic heterocycles. The maximum Gasteiger partial charge on any atom is 0.119 e. The standard InChI is InChI=1S/6C18H25NO/c6*1-19-10-9-18-8-4-3-5-15(18)17(19)11-13-6-7-14(20-2)12-16(13)18/h6*6-7,12,15,17H,3-5,8-11H2,1-2H3/t6*15?,17-,18-/m000000/s1/i2*1D3,6D,7D,9D2,10D2,11D2,12D;2*6D,7D,9D2,10D2,11D2,12D;2*1D3,6D,7D,9D2,10D2,12D. The second-order valence-electron chi connectivity index (χ2n) is 35.1. The zero-order valence-electron chi connectivity index (χ0n) is 131. The third kappa shape index (κ3) is 14.1. The molecule has 12 heteroatoms. The fraction of sp³-hybridized carbons (Fsp3) is 0.667. The van der Waals surface area contributed by atoms with Crippen LogP contribution in [0.2, 0.25) is 0 Å². The minimum atomic E-state index is -3.15. The molecule has 6 saturated carbocycles. The van der Waals surface area contributed by atoms with Gasteiger partial charge in [-0.1, -0.05) is 113 Å². The quantitative estimate of drug-likeness (QED) is 0.159. The van der Waals surface area contributed by atoms with Crippen LogP contribution in [0.5, 0.6) is 34.5 Å². The van der Waals surface area contributed by atoms with Crippen molar-refractivity contribution in [2.75, 3.05) is 124 Å². The molecule has 12 bridgehead atoms. The summed E-state index contributed by atoms with van der Waals surface area (Å²) in [7, 11) is 10.4. The highest BCUT2D eigenvalue weighted by molar-refractivity contribution is 5.52. The van der Waals surface area contributed by atoms with Gasteiger partial charge in [0.2, 0.25) is 0 Å². The van der Waals surface area contributed by atoms with Crippen molar-refractivity contribution in [2.24, 2.45) is 35.5 Å². The van der Waals surface area contributed by atoms with Crippen LogP contribution in [-0.2, 0) is 70.8 Å². The minimum absolute atomic E-state index is 0.00365. The Hall–Kier alpha value is -6.12. The number of likely N-dealkylation sites (N-methyl/N-ethyl adjacent to an activating group) is 6. The third-order valence-corrected chi connectivity index (χ3v) is 29.6. The van der Waals surface area contributed by atoms with Crippen molar-refractivity contribution in [1.82, 2.24) is 29.4 Å². The number of hydrogen-bond donors (Lipinski definition) is 0. The number of rotatable bonds is 6. The first-order valence-electron chi connectivity index (χ1n) is 73.8. The first kappa shape index (κ1) is 38.6. The smallest absolute Gasteiger partial charge is 0.119 e. The molecule has 18 atom stereocenters. The van der Waals surface area contributed by atoms with Crippen LogP contribution in [0.4, 0.5) is 0 Å². The van der Waals surface area contributed by atoms with Gasteiger partial charge in [0.15, 0.2) is 0 Å². The van der Waals surface area contributed by atoms with E-state index in [1.165, 1.54) is 56.8 Å². The topological polar surface area (TPSA) is 74.8 Å². The summed E-state index contributed by atoms with van der Waals surface area (Å²) >= 11 is 0. The van der Waals surface area contributed by atoms with E-state index in [1.807, 2.05) is 0 Å². The minimum Gasteiger partial charge on any atom is -0.497 e. The van der Waals surface area contributed by atoms with Crippen LogP contribution in [0.3, 0.4) is 0 Å². The van der Waals surface area contributed by atoms with Gasteiger partial charge in [-0.15, -0.1) is 0 Å². The first-order valence-corrected chi connectivity index (χ1v) is 42.8. The Morgan fingerprint density at radius 2 is 0.458 bits per heavy atom. The molecule has 12 aliphatic carbocycles. The lowest BCUT2D eigenvalue weighted by molar-refractivity contribution is 0.00272. The van der Waals surface area contributed by atoms with Crippen molar-refractivity contribution in [2.45, 2.75) is 299 Å². The molecule has 120 heavy (non-hydrogen) atoms. The van der Waals surface area contributed by atoms with Crippen molar-refractivity contribution in [3.8, 4) is 34.5 Å². The molecule has 6 heterocycles. The number of benzene rings is 6. The Balaban J connectivity index is 0.000000132. The molecule has 0 N–H and O–H groups in total. The molecule has 6 aromatic rings. The van der Waals surface area contributed by atoms with Crippen molar-refractivity contribution in [3.63, 3.8) is 0 Å². The van der Waals surface area contributed by atoms with E-state index in [0.717, 1.165) is 35.5 Å². The highest BCUT2D eigenvalue weighted by Crippen LogP contribution is 2.63. The predicted octanol–water partition coefficient (Wildman–Crippen LogP) is 20.3. The fourth-order valence-corrected chi connectivity index (χ4v) is 23.9. The lowest BCUT2D eigenvalue weighted by atomic mass is 9.52. The lowest BCUT2D eigenvalue weighted by Gasteiger charge is -2.58. The number of methoxy groups -OCH3 is 6. The molecule has 6 unspecified atom stereocenters. The van der Waals surface area contributed by atoms with Crippen LogP contribution in [0.1, 0.15) is 344 Å². The third-order valence-electron chi connectivity index (χ3n) is 29.6. The number of piperidine rings is 6. The molecule has 6 aromatic carbocycles. The summed E-state index contributed by atoms with van der Waals surface area (Å²) in [5.41, 5.74) is -9.61. The normalized spacial score (nSPS) is 50.8. The maximum atomic E-state index is 8.99. The van der Waals surface area contributed by atoms with Crippen LogP contribution in [0.25, 0.3) is 0 Å². The molecule has 12 fully saturated rings. The predicted molar refractivity (Wildman–Crippen MR) is 488 cm³/mol. The Kier molecular flexibility index (Phi) is 10.9. The molecule has 0 spiro atoms. The molecular formula is C108H150N6O6. The molecule has 6 aliphatic heterocycles. The van der Waals surface area contributed by atoms with Gasteiger partial charge in [-0.25, -0.2) is 0 Å². The van der Waals surface area contributed by atoms with E-state index in [0.29, 0.717) is 96.6 Å². The molecule has 6 saturated heterocycles. The number of likely N-dealkylation sites (tertiary alicyclic amines) is 6. The summed E-state index contributed by atoms with van der Waals surface area (Å²) in [4.78, 5) is 4.37. The largest absolute Gasteiger partial charge is 0.497 e. The van der Waals surface area contributed by atoms with Gasteiger partial charge in [0.05, 0.1) is 67.3 Å². The van der Waals surface area contributed by atoms with Crippen LogP contribution in [0.15, 0.2) is 109 Å². The van der Waals surface area contributed by atoms with E-state index in [9.17, 15) is 0 Å². The second-order valence-corrected chi connectivity index (χ2v) is 35.1. The summed E-state index contributed by atoms with van der Waals surface area (Å²) in [5, 5.41) is 0. The summed E-state index contributed by atoms with van der Waals surface area (Å²) < 4.78 is 563. The van der Waals surface area contributed by atoms with Gasteiger partial charge >= 0.3 is 0 Å². The average molecular weight is 1690 g/mol. The Bertz CT molecular complexity index is 7370. The molecular weight excluding hydrogens is 1480 g/mol. The first-order chi connectivity index (χ1) is 83.1. The highest BCUT2D eigenvalue weighted by atomic mass is 16.5. The zero-order chi connectivity index (χ0) is 137. The van der Waals surface area contributed by atoms with Gasteiger partial charge in [0.1, 0.15) is 34.5 Å². The van der Waals surface area contributed by atoms with Crippen LogP contribution in [-0.4, -0.2) is 189 Å². The summed E-state index contributed by atoms with van der Waals surface area (Å²) in [5.74, 6) is -5.20. The van der Waals surface area contributed by atoms with Crippen molar-refractivity contribution >= 4 is 0 Å². The van der Waals surface area contributed by atoms with Crippen molar-refractivity contribution < 1.29 is 113 Å². The van der Waals surface area contributed by atoms with Gasteiger partial charge in [0.25, 0.3) is 0 Å². The van der Waals surface area contributed by atoms with Crippen LogP contribution >= 0.6 is 0 Å². The molecule has 0 radical (unpaired) electrons. The van der Waals surface area contributed by atoms with Gasteiger partial charge < -0.3 is 57.8 Å². The molecule has 12 nitrogen and oxygen atoms in total. The van der Waals surface area contributed by atoms with Crippen LogP contribution in [0, 0.1) is 35.5 Å². The maximum absolute atomic E-state index is 8.99. The van der Waals surface area contributed by atoms with Crippen LogP contribution < -0.4 is 28.4 Å². The zero-order valence-corrected chi connectivity index (χ0v) is 69.4. The van der Waals surface area contributed by atoms with Crippen molar-refractivity contribution in [3.05, 3.63) is 176 Å². The summed E-state index contributed by atoms with van der Waals surface area (Å²) in [6.07, 6.45) is -14.0. The Labute approximate surface area is 810 Å². The average Bonchev–Trinajstić information content (AvgIpc) is 0.644. The van der Waals surface area contributed by atoms with E-state index in [1.54, 1.807) is 0 Å². The van der Waals surface area contributed by atoms with Gasteiger partial charge in [-0.05, 0) is 409 Å². The number of nitrogens with zero attached hydrogens (tertiary/aromatic N) is 6. The van der Waals surface area contributed by atoms with Crippen molar-refractivity contribution in [1.29, 1.82) is 0 Å². The Morgan fingerprint density at radius 1 is 0.267 bits per heavy atom. The van der Waals surface area contributed by atoms with Gasteiger partial charge in [-0.2, -0.15) is 0 Å². The van der Waals surface area contributed by atoms with E-state index >= 15 is 0 Å². The lowest BCUT2D eigenvalue weighted by Crippen LogP contribution is -2.59. The fourth-order valence-electron chi connectivity index (χ4n) is 23.9. The SMILES string of the molecule is [2H]c1c([2H])c(OC)c([2H])c2c1C[C@H]1C3CCCC[C@@]23C([2H])([2H])C([2H])([2H])N1C([2H])([2H])[2H].[2H]c1c([2H])c(OC)c([2H])c2c1C[C@H]1C3CCCC[C@@]23C([2H])([2H])C([2H])([2H])N1C([2H])([2H])[2H].[2H]c1c([2H])c2c(c([2H])c1OC)[C@]13CCCCC1[C@@H](N(C([2H])([2H])[2H])C([2H])([2H])C3([2H])[2H])C2([2H])[2H].[2H]c1c([2H])c2c(c([2H])c1OC)[C@]13CCCCC1[C@@H](N(C([2H])([2H])[2H])C([2H])([2H])C3([2H])[2H])C2([2H])[2H].[2H]c1c([2H])c2c(c([2H])c1OC)[C@]13CCCCC1[C@@H](N(C)C([2H])([2H])C3([2H])[2H])C2([2H])[2H].[2H]c1c([2H])c2c(c([2H])c1OC)[C@]13CCCCC1[C@@H](N(C)C([2H])([2H])C3([2H])[2H])C2([2H])[2H]. The summed E-state index contributed by atoms with van der Waals surface area (Å²) in [6.45, 7) is -28.8. The summed E-state index contributed by atoms with van der Waals surface area (Å²) in [6, 6.07) is -13.5. The molecule has 18 aliphatic rings. The number of hydrogen-bond acceptors (Lipinski definition) is 12. The molecule has 648 valence electrons. The van der Waals surface area contributed by atoms with E-state index in [-0.39, 0.29) is 203 Å². The Morgan fingerprint density at radius 3 is 0.683 bits per heavy atom. The van der Waals surface area contributed by atoms with Gasteiger partial charge in [-0.3, -0.25) is 0 Å². The molecule has 0 amide bonds. The van der Waals surface area contributed by atoms with E-state index in [2.05, 4.69) is 0 Å². The van der Waals surface area contributed by atoms with E-state index in [4.69, 9.17) is 113 Å². The number of fused-ring (bicyclic) bond motifs is 6. The van der Waals surface area contributed by atoms with E-state index < -0.39 is 306 Å². The highest BCUT2D eigenvalue weighted by Gasteiger charge is 2.60. The number of ether oxygens (including phenoxy) is 6.